The number of hydrogen-bond acceptors (Lipinski definition) is 3. The number of ether oxygens (including phenoxy) is 1. The highest BCUT2D eigenvalue weighted by Crippen LogP contribution is 2.18. The van der Waals surface area contributed by atoms with Gasteiger partial charge in [-0.3, -0.25) is 0 Å². The number of piperidine rings is 1. The maximum absolute atomic E-state index is 5.95. The zero-order valence-electron chi connectivity index (χ0n) is 10.4. The first-order valence-electron chi connectivity index (χ1n) is 6.19. The van der Waals surface area contributed by atoms with Crippen LogP contribution in [-0.2, 0) is 4.74 Å². The maximum atomic E-state index is 5.95. The summed E-state index contributed by atoms with van der Waals surface area (Å²) in [6, 6.07) is 0.332. The molecule has 15 heavy (non-hydrogen) atoms. The molecule has 1 aliphatic rings. The lowest BCUT2D eigenvalue weighted by molar-refractivity contribution is 0.0471. The van der Waals surface area contributed by atoms with Crippen LogP contribution < -0.4 is 5.73 Å². The van der Waals surface area contributed by atoms with E-state index in [-0.39, 0.29) is 0 Å². The Morgan fingerprint density at radius 2 is 2.13 bits per heavy atom. The molecule has 2 unspecified atom stereocenters. The molecule has 0 amide bonds. The summed E-state index contributed by atoms with van der Waals surface area (Å²) in [6.07, 6.45) is 2.92. The molecule has 0 spiro atoms. The van der Waals surface area contributed by atoms with E-state index in [1.807, 2.05) is 0 Å². The summed E-state index contributed by atoms with van der Waals surface area (Å²) in [4.78, 5) is 2.49. The average molecular weight is 214 g/mol. The lowest BCUT2D eigenvalue weighted by atomic mass is 9.92. The number of likely N-dealkylation sites (tertiary alicyclic amines) is 1. The Morgan fingerprint density at radius 3 is 2.73 bits per heavy atom. The van der Waals surface area contributed by atoms with E-state index in [0.717, 1.165) is 19.7 Å². The summed E-state index contributed by atoms with van der Waals surface area (Å²) in [5.41, 5.74) is 5.95. The minimum absolute atomic E-state index is 0.332. The minimum Gasteiger partial charge on any atom is -0.377 e. The molecule has 1 aliphatic heterocycles. The second-order valence-corrected chi connectivity index (χ2v) is 4.98. The molecule has 3 nitrogen and oxygen atoms in total. The minimum atomic E-state index is 0.332. The zero-order valence-corrected chi connectivity index (χ0v) is 10.4. The molecule has 1 fully saturated rings. The first-order valence-corrected chi connectivity index (χ1v) is 6.19. The van der Waals surface area contributed by atoms with Gasteiger partial charge in [0.05, 0.1) is 12.7 Å². The van der Waals surface area contributed by atoms with E-state index < -0.39 is 0 Å². The van der Waals surface area contributed by atoms with Gasteiger partial charge in [-0.2, -0.15) is 0 Å². The Hall–Kier alpha value is -0.120. The van der Waals surface area contributed by atoms with Crippen LogP contribution in [-0.4, -0.2) is 43.3 Å². The van der Waals surface area contributed by atoms with Crippen LogP contribution in [0.4, 0.5) is 0 Å². The van der Waals surface area contributed by atoms with Gasteiger partial charge in [-0.1, -0.05) is 0 Å². The van der Waals surface area contributed by atoms with Crippen LogP contribution in [0.3, 0.4) is 0 Å². The van der Waals surface area contributed by atoms with Gasteiger partial charge in [0.15, 0.2) is 0 Å². The fourth-order valence-corrected chi connectivity index (χ4v) is 2.14. The second-order valence-electron chi connectivity index (χ2n) is 4.98. The molecule has 0 aromatic carbocycles. The van der Waals surface area contributed by atoms with Gasteiger partial charge in [0.2, 0.25) is 0 Å². The smallest absolute Gasteiger partial charge is 0.0596 e. The molecule has 0 bridgehead atoms. The van der Waals surface area contributed by atoms with Crippen LogP contribution in [0.15, 0.2) is 0 Å². The fraction of sp³-hybridized carbons (Fsp3) is 1.00. The van der Waals surface area contributed by atoms with E-state index in [9.17, 15) is 0 Å². The molecule has 1 saturated heterocycles. The lowest BCUT2D eigenvalue weighted by Gasteiger charge is -2.34. The Labute approximate surface area is 94.0 Å². The van der Waals surface area contributed by atoms with Crippen molar-refractivity contribution in [3.8, 4) is 0 Å². The van der Waals surface area contributed by atoms with E-state index >= 15 is 0 Å². The van der Waals surface area contributed by atoms with Crippen molar-refractivity contribution in [1.82, 2.24) is 4.90 Å². The molecule has 0 aliphatic carbocycles. The Bertz CT molecular complexity index is 171. The van der Waals surface area contributed by atoms with Gasteiger partial charge in [0, 0.05) is 19.1 Å². The van der Waals surface area contributed by atoms with Crippen molar-refractivity contribution in [2.24, 2.45) is 11.7 Å². The molecule has 0 aromatic heterocycles. The normalized spacial score (nSPS) is 25.8. The SMILES string of the molecule is CC(C)OCCN1CCCC(C(C)N)C1. The summed E-state index contributed by atoms with van der Waals surface area (Å²) < 4.78 is 5.57. The molecular formula is C12H26N2O. The zero-order chi connectivity index (χ0) is 11.3. The van der Waals surface area contributed by atoms with Crippen molar-refractivity contribution in [3.05, 3.63) is 0 Å². The largest absolute Gasteiger partial charge is 0.377 e. The van der Waals surface area contributed by atoms with Crippen molar-refractivity contribution in [3.63, 3.8) is 0 Å². The van der Waals surface area contributed by atoms with Crippen LogP contribution in [0.25, 0.3) is 0 Å². The van der Waals surface area contributed by atoms with Crippen molar-refractivity contribution in [2.75, 3.05) is 26.2 Å². The van der Waals surface area contributed by atoms with Crippen molar-refractivity contribution in [2.45, 2.75) is 45.8 Å². The van der Waals surface area contributed by atoms with Crippen molar-refractivity contribution >= 4 is 0 Å². The lowest BCUT2D eigenvalue weighted by Crippen LogP contribution is -2.43. The van der Waals surface area contributed by atoms with E-state index in [4.69, 9.17) is 10.5 Å². The Balaban J connectivity index is 2.18. The molecule has 2 atom stereocenters. The summed E-state index contributed by atoms with van der Waals surface area (Å²) in [5, 5.41) is 0. The van der Waals surface area contributed by atoms with E-state index in [0.29, 0.717) is 18.1 Å². The number of nitrogens with zero attached hydrogens (tertiary/aromatic N) is 1. The van der Waals surface area contributed by atoms with E-state index in [1.165, 1.54) is 19.4 Å². The fourth-order valence-electron chi connectivity index (χ4n) is 2.14. The van der Waals surface area contributed by atoms with Crippen LogP contribution in [0.5, 0.6) is 0 Å². The second kappa shape index (κ2) is 6.46. The van der Waals surface area contributed by atoms with E-state index in [1.54, 1.807) is 0 Å². The number of rotatable bonds is 5. The third-order valence-corrected chi connectivity index (χ3v) is 3.14. The van der Waals surface area contributed by atoms with Crippen molar-refractivity contribution in [1.29, 1.82) is 0 Å². The highest BCUT2D eigenvalue weighted by Gasteiger charge is 2.22. The Kier molecular flexibility index (Phi) is 5.58. The predicted octanol–water partition coefficient (Wildman–Crippen LogP) is 1.47. The van der Waals surface area contributed by atoms with Crippen LogP contribution in [0.1, 0.15) is 33.6 Å². The van der Waals surface area contributed by atoms with Gasteiger partial charge in [-0.15, -0.1) is 0 Å². The summed E-state index contributed by atoms with van der Waals surface area (Å²) in [6.45, 7) is 10.6. The first-order chi connectivity index (χ1) is 7.09. The summed E-state index contributed by atoms with van der Waals surface area (Å²) in [7, 11) is 0. The highest BCUT2D eigenvalue weighted by molar-refractivity contribution is 4.78. The average Bonchev–Trinajstić information content (AvgIpc) is 2.17. The van der Waals surface area contributed by atoms with Crippen LogP contribution >= 0.6 is 0 Å². The molecule has 0 saturated carbocycles. The van der Waals surface area contributed by atoms with Gasteiger partial charge in [0.1, 0.15) is 0 Å². The third-order valence-electron chi connectivity index (χ3n) is 3.14. The van der Waals surface area contributed by atoms with Crippen LogP contribution in [0, 0.1) is 5.92 Å². The van der Waals surface area contributed by atoms with Gasteiger partial charge in [0.25, 0.3) is 0 Å². The number of nitrogens with two attached hydrogens (primary N) is 1. The van der Waals surface area contributed by atoms with Gasteiger partial charge >= 0.3 is 0 Å². The quantitative estimate of drug-likeness (QED) is 0.753. The first kappa shape index (κ1) is 12.9. The molecule has 90 valence electrons. The van der Waals surface area contributed by atoms with Gasteiger partial charge < -0.3 is 15.4 Å². The highest BCUT2D eigenvalue weighted by atomic mass is 16.5. The monoisotopic (exact) mass is 214 g/mol. The van der Waals surface area contributed by atoms with Gasteiger partial charge in [-0.25, -0.2) is 0 Å². The Morgan fingerprint density at radius 1 is 1.40 bits per heavy atom. The van der Waals surface area contributed by atoms with Gasteiger partial charge in [-0.05, 0) is 46.1 Å². The molecular weight excluding hydrogens is 188 g/mol. The standard InChI is InChI=1S/C12H26N2O/c1-10(2)15-8-7-14-6-4-5-12(9-14)11(3)13/h10-12H,4-9,13H2,1-3H3. The predicted molar refractivity (Wildman–Crippen MR) is 63.9 cm³/mol. The topological polar surface area (TPSA) is 38.5 Å². The summed E-state index contributed by atoms with van der Waals surface area (Å²) >= 11 is 0. The van der Waals surface area contributed by atoms with E-state index in [2.05, 4.69) is 25.7 Å². The van der Waals surface area contributed by atoms with Crippen molar-refractivity contribution < 1.29 is 4.74 Å². The molecule has 0 radical (unpaired) electrons. The summed E-state index contributed by atoms with van der Waals surface area (Å²) in [5.74, 6) is 0.679. The van der Waals surface area contributed by atoms with Crippen LogP contribution in [0.2, 0.25) is 0 Å². The maximum Gasteiger partial charge on any atom is 0.0596 e. The molecule has 0 aromatic rings. The number of hydrogen-bond donors (Lipinski definition) is 1. The third kappa shape index (κ3) is 4.96. The molecule has 3 heteroatoms. The molecule has 1 heterocycles. The molecule has 1 rings (SSSR count). The molecule has 2 N–H and O–H groups in total.